The minimum atomic E-state index is 0.126. The van der Waals surface area contributed by atoms with Crippen LogP contribution in [0.1, 0.15) is 32.3 Å². The molecule has 0 radical (unpaired) electrons. The molecule has 5 nitrogen and oxygen atoms in total. The zero-order chi connectivity index (χ0) is 23.3. The molecule has 0 atom stereocenters. The van der Waals surface area contributed by atoms with Crippen molar-refractivity contribution in [2.45, 2.75) is 26.7 Å². The summed E-state index contributed by atoms with van der Waals surface area (Å²) < 4.78 is 17.1. The number of benzene rings is 2. The summed E-state index contributed by atoms with van der Waals surface area (Å²) in [5.41, 5.74) is 1.91. The van der Waals surface area contributed by atoms with Crippen molar-refractivity contribution >= 4 is 52.1 Å². The Morgan fingerprint density at radius 2 is 1.56 bits per heavy atom. The summed E-state index contributed by atoms with van der Waals surface area (Å²) in [5, 5.41) is 4.84. The van der Waals surface area contributed by atoms with Crippen molar-refractivity contribution < 1.29 is 19.0 Å². The normalized spacial score (nSPS) is 11.1. The first-order valence-corrected chi connectivity index (χ1v) is 11.6. The van der Waals surface area contributed by atoms with Gasteiger partial charge in [-0.05, 0) is 49.2 Å². The summed E-state index contributed by atoms with van der Waals surface area (Å²) in [6.45, 7) is 5.56. The van der Waals surface area contributed by atoms with Crippen molar-refractivity contribution in [1.82, 2.24) is 0 Å². The van der Waals surface area contributed by atoms with E-state index >= 15 is 0 Å². The van der Waals surface area contributed by atoms with Crippen molar-refractivity contribution in [3.63, 3.8) is 0 Å². The van der Waals surface area contributed by atoms with Crippen LogP contribution < -0.4 is 14.2 Å². The first-order chi connectivity index (χ1) is 15.4. The van der Waals surface area contributed by atoms with E-state index in [2.05, 4.69) is 5.16 Å². The minimum absolute atomic E-state index is 0.126. The summed E-state index contributed by atoms with van der Waals surface area (Å²) in [7, 11) is 0. The lowest BCUT2D eigenvalue weighted by molar-refractivity contribution is 0.158. The molecular weight excluding hydrogens is 496 g/mol. The van der Waals surface area contributed by atoms with Gasteiger partial charge < -0.3 is 19.0 Å². The van der Waals surface area contributed by atoms with E-state index in [1.807, 2.05) is 38.1 Å². The molecule has 0 fully saturated rings. The maximum atomic E-state index is 6.26. The molecular formula is C23H25Cl4NO4. The lowest BCUT2D eigenvalue weighted by Gasteiger charge is -2.13. The number of oxime groups is 1. The van der Waals surface area contributed by atoms with E-state index in [-0.39, 0.29) is 11.1 Å². The predicted octanol–water partition coefficient (Wildman–Crippen LogP) is 7.69. The summed E-state index contributed by atoms with van der Waals surface area (Å²) in [6, 6.07) is 11.0. The average molecular weight is 521 g/mol. The largest absolute Gasteiger partial charge is 0.493 e. The van der Waals surface area contributed by atoms with E-state index in [1.165, 1.54) is 6.08 Å². The molecule has 2 rings (SSSR count). The van der Waals surface area contributed by atoms with Crippen molar-refractivity contribution in [2.75, 3.05) is 26.4 Å². The van der Waals surface area contributed by atoms with Gasteiger partial charge in [0.15, 0.2) is 5.75 Å². The molecule has 0 heterocycles. The van der Waals surface area contributed by atoms with Gasteiger partial charge in [-0.3, -0.25) is 0 Å². The Kier molecular flexibility index (Phi) is 11.9. The number of ether oxygens (including phenoxy) is 3. The third kappa shape index (κ3) is 8.99. The number of hydrogen-bond donors (Lipinski definition) is 0. The Bertz CT molecular complexity index is 890. The Morgan fingerprint density at radius 1 is 0.906 bits per heavy atom. The summed E-state index contributed by atoms with van der Waals surface area (Å²) >= 11 is 23.6. The third-order valence-electron chi connectivity index (χ3n) is 4.09. The topological polar surface area (TPSA) is 49.3 Å². The Morgan fingerprint density at radius 3 is 2.16 bits per heavy atom. The van der Waals surface area contributed by atoms with Gasteiger partial charge in [-0.15, -0.1) is 0 Å². The van der Waals surface area contributed by atoms with E-state index in [1.54, 1.807) is 12.1 Å². The van der Waals surface area contributed by atoms with E-state index < -0.39 is 0 Å². The molecule has 0 unspecified atom stereocenters. The van der Waals surface area contributed by atoms with Gasteiger partial charge in [0.2, 0.25) is 0 Å². The van der Waals surface area contributed by atoms with Gasteiger partial charge in [-0.1, -0.05) is 58.5 Å². The Balaban J connectivity index is 1.79. The van der Waals surface area contributed by atoms with Crippen LogP contribution in [-0.4, -0.2) is 32.1 Å². The predicted molar refractivity (Wildman–Crippen MR) is 132 cm³/mol. The van der Waals surface area contributed by atoms with Crippen LogP contribution in [0.2, 0.25) is 10.0 Å². The molecule has 2 aromatic carbocycles. The molecule has 0 aliphatic carbocycles. The van der Waals surface area contributed by atoms with E-state index in [0.29, 0.717) is 47.8 Å². The maximum Gasteiger partial charge on any atom is 0.156 e. The van der Waals surface area contributed by atoms with E-state index in [9.17, 15) is 0 Å². The van der Waals surface area contributed by atoms with Crippen LogP contribution in [0.4, 0.5) is 0 Å². The van der Waals surface area contributed by atoms with Crippen LogP contribution in [0.15, 0.2) is 52.1 Å². The van der Waals surface area contributed by atoms with Crippen LogP contribution in [-0.2, 0) is 4.84 Å². The fourth-order valence-corrected chi connectivity index (χ4v) is 3.29. The quantitative estimate of drug-likeness (QED) is 0.154. The Labute approximate surface area is 208 Å². The molecule has 2 aromatic rings. The van der Waals surface area contributed by atoms with Crippen molar-refractivity contribution in [1.29, 1.82) is 0 Å². The van der Waals surface area contributed by atoms with Crippen LogP contribution in [0.25, 0.3) is 0 Å². The minimum Gasteiger partial charge on any atom is -0.493 e. The van der Waals surface area contributed by atoms with Crippen molar-refractivity contribution in [2.24, 2.45) is 5.16 Å². The van der Waals surface area contributed by atoms with Crippen LogP contribution in [0.3, 0.4) is 0 Å². The first kappa shape index (κ1) is 26.5. The average Bonchev–Trinajstić information content (AvgIpc) is 2.76. The van der Waals surface area contributed by atoms with Crippen LogP contribution in [0.5, 0.6) is 17.2 Å². The fourth-order valence-electron chi connectivity index (χ4n) is 2.59. The number of hydrogen-bond acceptors (Lipinski definition) is 5. The number of rotatable bonds is 13. The molecule has 0 N–H and O–H groups in total. The number of halogens is 4. The third-order valence-corrected chi connectivity index (χ3v) is 4.96. The van der Waals surface area contributed by atoms with E-state index in [4.69, 9.17) is 65.5 Å². The number of nitrogens with zero attached hydrogens (tertiary/aromatic N) is 1. The molecule has 0 aliphatic heterocycles. The van der Waals surface area contributed by atoms with Crippen LogP contribution >= 0.6 is 46.4 Å². The summed E-state index contributed by atoms with van der Waals surface area (Å²) in [6.07, 6.45) is 2.95. The monoisotopic (exact) mass is 519 g/mol. The summed E-state index contributed by atoms with van der Waals surface area (Å²) in [4.78, 5) is 5.15. The highest BCUT2D eigenvalue weighted by Gasteiger charge is 2.11. The highest BCUT2D eigenvalue weighted by atomic mass is 35.5. The second-order valence-electron chi connectivity index (χ2n) is 6.40. The van der Waals surface area contributed by atoms with Crippen LogP contribution in [0, 0.1) is 0 Å². The van der Waals surface area contributed by atoms with Gasteiger partial charge in [-0.2, -0.15) is 0 Å². The molecule has 0 saturated heterocycles. The maximum absolute atomic E-state index is 6.26. The van der Waals surface area contributed by atoms with Gasteiger partial charge >= 0.3 is 0 Å². The molecule has 0 bridgehead atoms. The molecule has 32 heavy (non-hydrogen) atoms. The highest BCUT2D eigenvalue weighted by Crippen LogP contribution is 2.37. The van der Waals surface area contributed by atoms with E-state index in [0.717, 1.165) is 23.4 Å². The van der Waals surface area contributed by atoms with Gasteiger partial charge in [-0.25, -0.2) is 0 Å². The molecule has 0 amide bonds. The highest BCUT2D eigenvalue weighted by molar-refractivity contribution is 6.55. The molecule has 0 spiro atoms. The zero-order valence-corrected chi connectivity index (χ0v) is 20.9. The SMILES string of the molecule is CCON=C(CC)c1ccc(OCCCOc2c(Cl)cc(OCC=C(Cl)Cl)cc2Cl)cc1. The van der Waals surface area contributed by atoms with Gasteiger partial charge in [0, 0.05) is 18.6 Å². The Hall–Kier alpha value is -1.79. The van der Waals surface area contributed by atoms with Gasteiger partial charge in [0.25, 0.3) is 0 Å². The molecule has 0 aromatic heterocycles. The second kappa shape index (κ2) is 14.4. The van der Waals surface area contributed by atoms with Gasteiger partial charge in [0.05, 0.1) is 29.0 Å². The molecule has 0 aliphatic rings. The standard InChI is InChI=1S/C23H25Cl4NO4/c1-3-21(28-32-4-2)16-6-8-17(9-7-16)29-11-5-12-31-23-19(24)14-18(15-20(23)25)30-13-10-22(26)27/h6-10,14-15H,3-5,11-13H2,1-2H3. The van der Waals surface area contributed by atoms with Crippen molar-refractivity contribution in [3.8, 4) is 17.2 Å². The second-order valence-corrected chi connectivity index (χ2v) is 8.23. The van der Waals surface area contributed by atoms with Crippen molar-refractivity contribution in [3.05, 3.63) is 62.6 Å². The smallest absolute Gasteiger partial charge is 0.156 e. The molecule has 174 valence electrons. The first-order valence-electron chi connectivity index (χ1n) is 10.1. The molecule has 9 heteroatoms. The fraction of sp³-hybridized carbons (Fsp3) is 0.348. The molecule has 0 saturated carbocycles. The zero-order valence-electron chi connectivity index (χ0n) is 17.9. The lowest BCUT2D eigenvalue weighted by atomic mass is 10.1. The van der Waals surface area contributed by atoms with Gasteiger partial charge in [0.1, 0.15) is 29.2 Å². The summed E-state index contributed by atoms with van der Waals surface area (Å²) in [5.74, 6) is 1.66. The lowest BCUT2D eigenvalue weighted by Crippen LogP contribution is -2.06.